The molecule has 0 saturated carbocycles. The molecule has 150 valence electrons. The summed E-state index contributed by atoms with van der Waals surface area (Å²) in [4.78, 5) is 26.0. The van der Waals surface area contributed by atoms with Crippen molar-refractivity contribution >= 4 is 50.7 Å². The SMILES string of the molecule is COC(=O)c1cc2c(Cl)cc(C3=CCCN(C(=O)OC(C)(C)C)C3)c(F)c2s1. The zero-order valence-corrected chi connectivity index (χ0v) is 17.7. The summed E-state index contributed by atoms with van der Waals surface area (Å²) in [6, 6.07) is 3.07. The van der Waals surface area contributed by atoms with Gasteiger partial charge in [-0.2, -0.15) is 0 Å². The summed E-state index contributed by atoms with van der Waals surface area (Å²) in [6.07, 6.45) is 2.05. The summed E-state index contributed by atoms with van der Waals surface area (Å²) in [5.41, 5.74) is 0.378. The highest BCUT2D eigenvalue weighted by Crippen LogP contribution is 2.38. The third-order valence-electron chi connectivity index (χ3n) is 4.23. The number of methoxy groups -OCH3 is 1. The average Bonchev–Trinajstić information content (AvgIpc) is 3.09. The second-order valence-electron chi connectivity index (χ2n) is 7.48. The number of amides is 1. The van der Waals surface area contributed by atoms with Crippen LogP contribution in [0.2, 0.25) is 5.02 Å². The Bertz CT molecular complexity index is 977. The van der Waals surface area contributed by atoms with E-state index in [4.69, 9.17) is 21.1 Å². The van der Waals surface area contributed by atoms with Crippen LogP contribution in [-0.2, 0) is 9.47 Å². The smallest absolute Gasteiger partial charge is 0.410 e. The van der Waals surface area contributed by atoms with Crippen LogP contribution < -0.4 is 0 Å². The van der Waals surface area contributed by atoms with E-state index in [9.17, 15) is 9.59 Å². The van der Waals surface area contributed by atoms with Crippen LogP contribution >= 0.6 is 22.9 Å². The van der Waals surface area contributed by atoms with Crippen LogP contribution in [0.15, 0.2) is 18.2 Å². The summed E-state index contributed by atoms with van der Waals surface area (Å²) in [5, 5.41) is 0.807. The number of hydrogen-bond acceptors (Lipinski definition) is 5. The minimum Gasteiger partial charge on any atom is -0.465 e. The summed E-state index contributed by atoms with van der Waals surface area (Å²) < 4.78 is 25.7. The molecular formula is C20H21ClFNO4S. The van der Waals surface area contributed by atoms with Gasteiger partial charge < -0.3 is 14.4 Å². The summed E-state index contributed by atoms with van der Waals surface area (Å²) >= 11 is 7.35. The van der Waals surface area contributed by atoms with Crippen LogP contribution in [-0.4, -0.2) is 42.8 Å². The lowest BCUT2D eigenvalue weighted by molar-refractivity contribution is 0.0272. The van der Waals surface area contributed by atoms with Crippen LogP contribution in [0.25, 0.3) is 15.7 Å². The fourth-order valence-electron chi connectivity index (χ4n) is 2.98. The monoisotopic (exact) mass is 425 g/mol. The van der Waals surface area contributed by atoms with Crippen molar-refractivity contribution in [3.8, 4) is 0 Å². The topological polar surface area (TPSA) is 55.8 Å². The van der Waals surface area contributed by atoms with Gasteiger partial charge in [0.25, 0.3) is 0 Å². The highest BCUT2D eigenvalue weighted by Gasteiger charge is 2.27. The molecule has 0 radical (unpaired) electrons. The Balaban J connectivity index is 1.95. The molecule has 0 fully saturated rings. The molecule has 28 heavy (non-hydrogen) atoms. The van der Waals surface area contributed by atoms with Crippen LogP contribution in [0.5, 0.6) is 0 Å². The van der Waals surface area contributed by atoms with Crippen molar-refractivity contribution in [3.05, 3.63) is 39.5 Å². The van der Waals surface area contributed by atoms with E-state index < -0.39 is 23.5 Å². The Hall–Kier alpha value is -2.12. The Morgan fingerprint density at radius 1 is 1.29 bits per heavy atom. The van der Waals surface area contributed by atoms with Crippen molar-refractivity contribution in [2.75, 3.05) is 20.2 Å². The van der Waals surface area contributed by atoms with E-state index in [-0.39, 0.29) is 16.1 Å². The first kappa shape index (κ1) is 20.6. The van der Waals surface area contributed by atoms with Crippen molar-refractivity contribution in [1.29, 1.82) is 0 Å². The molecule has 0 atom stereocenters. The van der Waals surface area contributed by atoms with Crippen molar-refractivity contribution in [1.82, 2.24) is 4.90 Å². The molecule has 1 aliphatic rings. The van der Waals surface area contributed by atoms with Crippen molar-refractivity contribution < 1.29 is 23.5 Å². The quantitative estimate of drug-likeness (QED) is 0.596. The lowest BCUT2D eigenvalue weighted by Gasteiger charge is -2.30. The summed E-state index contributed by atoms with van der Waals surface area (Å²) in [6.45, 7) is 6.13. The molecule has 2 aromatic rings. The van der Waals surface area contributed by atoms with Gasteiger partial charge in [-0.3, -0.25) is 0 Å². The highest BCUT2D eigenvalue weighted by molar-refractivity contribution is 7.20. The Kier molecular flexibility index (Phi) is 5.68. The van der Waals surface area contributed by atoms with Gasteiger partial charge in [0.05, 0.1) is 16.8 Å². The molecule has 0 bridgehead atoms. The normalized spacial score (nSPS) is 14.8. The first-order valence-electron chi connectivity index (χ1n) is 8.78. The second kappa shape index (κ2) is 7.72. The van der Waals surface area contributed by atoms with E-state index in [0.29, 0.717) is 34.5 Å². The molecule has 2 heterocycles. The number of benzene rings is 1. The first-order chi connectivity index (χ1) is 13.1. The van der Waals surface area contributed by atoms with E-state index in [1.807, 2.05) is 6.08 Å². The van der Waals surface area contributed by atoms with Crippen LogP contribution in [0.4, 0.5) is 9.18 Å². The second-order valence-corrected chi connectivity index (χ2v) is 8.94. The molecule has 5 nitrogen and oxygen atoms in total. The Labute approximate surface area is 171 Å². The van der Waals surface area contributed by atoms with Crippen molar-refractivity contribution in [3.63, 3.8) is 0 Å². The van der Waals surface area contributed by atoms with Gasteiger partial charge in [0.15, 0.2) is 0 Å². The standard InChI is InChI=1S/C20H21ClFNO4S/c1-20(2,3)27-19(25)23-7-5-6-11(10-23)12-8-14(21)13-9-15(18(24)26-4)28-17(13)16(12)22/h6,8-9H,5,7,10H2,1-4H3. The minimum atomic E-state index is -0.604. The van der Waals surface area contributed by atoms with E-state index in [2.05, 4.69) is 0 Å². The largest absolute Gasteiger partial charge is 0.465 e. The molecule has 0 saturated heterocycles. The number of ether oxygens (including phenoxy) is 2. The van der Waals surface area contributed by atoms with E-state index >= 15 is 4.39 Å². The van der Waals surface area contributed by atoms with Crippen LogP contribution in [0.1, 0.15) is 42.4 Å². The van der Waals surface area contributed by atoms with Gasteiger partial charge in [0, 0.05) is 24.0 Å². The number of fused-ring (bicyclic) bond motifs is 1. The maximum Gasteiger partial charge on any atom is 0.410 e. The van der Waals surface area contributed by atoms with Crippen LogP contribution in [0.3, 0.4) is 0 Å². The molecule has 0 N–H and O–H groups in total. The third-order valence-corrected chi connectivity index (χ3v) is 5.65. The fraction of sp³-hybridized carbons (Fsp3) is 0.400. The average molecular weight is 426 g/mol. The van der Waals surface area contributed by atoms with Gasteiger partial charge >= 0.3 is 12.1 Å². The molecule has 8 heteroatoms. The molecule has 1 aliphatic heterocycles. The molecule has 0 aliphatic carbocycles. The predicted octanol–water partition coefficient (Wildman–Crippen LogP) is 5.50. The number of rotatable bonds is 2. The van der Waals surface area contributed by atoms with Crippen LogP contribution in [0, 0.1) is 5.82 Å². The zero-order chi connectivity index (χ0) is 20.6. The van der Waals surface area contributed by atoms with Gasteiger partial charge in [0.2, 0.25) is 0 Å². The van der Waals surface area contributed by atoms with Crippen molar-refractivity contribution in [2.45, 2.75) is 32.8 Å². The van der Waals surface area contributed by atoms with Gasteiger partial charge in [-0.05, 0) is 44.9 Å². The number of halogens is 2. The lowest BCUT2D eigenvalue weighted by atomic mass is 10.00. The summed E-state index contributed by atoms with van der Waals surface area (Å²) in [7, 11) is 1.27. The number of carbonyl (C=O) groups is 2. The van der Waals surface area contributed by atoms with Crippen molar-refractivity contribution in [2.24, 2.45) is 0 Å². The van der Waals surface area contributed by atoms with E-state index in [0.717, 1.165) is 11.3 Å². The minimum absolute atomic E-state index is 0.225. The van der Waals surface area contributed by atoms with Gasteiger partial charge in [0.1, 0.15) is 16.3 Å². The first-order valence-corrected chi connectivity index (χ1v) is 9.97. The lowest BCUT2D eigenvalue weighted by Crippen LogP contribution is -2.39. The van der Waals surface area contributed by atoms with Gasteiger partial charge in [-0.15, -0.1) is 11.3 Å². The predicted molar refractivity (Wildman–Crippen MR) is 109 cm³/mol. The maximum absolute atomic E-state index is 15.2. The number of esters is 1. The third kappa shape index (κ3) is 4.15. The van der Waals surface area contributed by atoms with Gasteiger partial charge in [-0.25, -0.2) is 14.0 Å². The number of nitrogens with zero attached hydrogens (tertiary/aromatic N) is 1. The molecular weight excluding hydrogens is 405 g/mol. The molecule has 1 aromatic carbocycles. The molecule has 1 amide bonds. The highest BCUT2D eigenvalue weighted by atomic mass is 35.5. The molecule has 1 aromatic heterocycles. The Morgan fingerprint density at radius 3 is 2.64 bits per heavy atom. The number of hydrogen-bond donors (Lipinski definition) is 0. The fourth-order valence-corrected chi connectivity index (χ4v) is 4.33. The number of carbonyl (C=O) groups excluding carboxylic acids is 2. The molecule has 0 unspecified atom stereocenters. The van der Waals surface area contributed by atoms with E-state index in [1.165, 1.54) is 19.2 Å². The zero-order valence-electron chi connectivity index (χ0n) is 16.1. The maximum atomic E-state index is 15.2. The molecule has 3 rings (SSSR count). The Morgan fingerprint density at radius 2 is 2.00 bits per heavy atom. The van der Waals surface area contributed by atoms with Gasteiger partial charge in [-0.1, -0.05) is 17.7 Å². The number of thiophene rings is 1. The molecule has 0 spiro atoms. The summed E-state index contributed by atoms with van der Waals surface area (Å²) in [5.74, 6) is -0.997. The van der Waals surface area contributed by atoms with E-state index in [1.54, 1.807) is 25.7 Å².